The van der Waals surface area contributed by atoms with E-state index in [9.17, 15) is 9.59 Å². The van der Waals surface area contributed by atoms with Crippen LogP contribution in [0.15, 0.2) is 55.1 Å². The van der Waals surface area contributed by atoms with Crippen molar-refractivity contribution in [3.8, 4) is 0 Å². The molecule has 160 valence electrons. The topological polar surface area (TPSA) is 55.4 Å². The maximum Gasteiger partial charge on any atom is 0.228 e. The molecule has 0 fully saturated rings. The van der Waals surface area contributed by atoms with Crippen LogP contribution in [0, 0.1) is 5.41 Å². The Labute approximate surface area is 180 Å². The molecule has 1 amide bonds. The summed E-state index contributed by atoms with van der Waals surface area (Å²) >= 11 is 0. The minimum atomic E-state index is -0.309. The molecule has 2 aromatic rings. The van der Waals surface area contributed by atoms with E-state index in [0.29, 0.717) is 23.4 Å². The Kier molecular flexibility index (Phi) is 7.25. The van der Waals surface area contributed by atoms with Crippen molar-refractivity contribution in [1.29, 1.82) is 0 Å². The van der Waals surface area contributed by atoms with Gasteiger partial charge in [-0.15, -0.1) is 0 Å². The number of Topliss-reactive ketones (excluding diaryl/α,β-unsaturated/α-hetero) is 1. The zero-order valence-corrected chi connectivity index (χ0v) is 19.0. The maximum atomic E-state index is 12.4. The molecule has 4 heteroatoms. The van der Waals surface area contributed by atoms with E-state index in [-0.39, 0.29) is 29.1 Å². The summed E-state index contributed by atoms with van der Waals surface area (Å²) < 4.78 is 5.77. The predicted molar refractivity (Wildman–Crippen MR) is 123 cm³/mol. The maximum absolute atomic E-state index is 12.4. The fourth-order valence-electron chi connectivity index (χ4n) is 2.95. The SMILES string of the molecule is C=C(OC(C)(C)C)c1ccc(NC(=O)Cc2ccc(C(=O)CC(C)(C)C)cc2)cc1. The van der Waals surface area contributed by atoms with Crippen molar-refractivity contribution in [3.63, 3.8) is 0 Å². The molecule has 30 heavy (non-hydrogen) atoms. The van der Waals surface area contributed by atoms with Gasteiger partial charge in [0.2, 0.25) is 5.91 Å². The molecule has 0 unspecified atom stereocenters. The highest BCUT2D eigenvalue weighted by Gasteiger charge is 2.17. The van der Waals surface area contributed by atoms with Crippen molar-refractivity contribution >= 4 is 23.1 Å². The molecule has 1 N–H and O–H groups in total. The molecule has 0 saturated heterocycles. The fourth-order valence-corrected chi connectivity index (χ4v) is 2.95. The van der Waals surface area contributed by atoms with Gasteiger partial charge in [-0.2, -0.15) is 0 Å². The molecule has 0 aromatic heterocycles. The number of hydrogen-bond donors (Lipinski definition) is 1. The van der Waals surface area contributed by atoms with E-state index < -0.39 is 0 Å². The number of anilines is 1. The highest BCUT2D eigenvalue weighted by molar-refractivity contribution is 5.97. The zero-order chi connectivity index (χ0) is 22.5. The van der Waals surface area contributed by atoms with Gasteiger partial charge in [-0.1, -0.05) is 51.6 Å². The average Bonchev–Trinajstić information content (AvgIpc) is 2.60. The van der Waals surface area contributed by atoms with Crippen LogP contribution < -0.4 is 5.32 Å². The van der Waals surface area contributed by atoms with Crippen molar-refractivity contribution in [2.75, 3.05) is 5.32 Å². The molecular formula is C26H33NO3. The van der Waals surface area contributed by atoms with Gasteiger partial charge in [-0.3, -0.25) is 9.59 Å². The van der Waals surface area contributed by atoms with E-state index in [2.05, 4.69) is 11.9 Å². The quantitative estimate of drug-likeness (QED) is 0.434. The first-order valence-electron chi connectivity index (χ1n) is 10.2. The first-order chi connectivity index (χ1) is 13.8. The molecule has 0 radical (unpaired) electrons. The normalized spacial score (nSPS) is 11.7. The van der Waals surface area contributed by atoms with Gasteiger partial charge >= 0.3 is 0 Å². The molecular weight excluding hydrogens is 374 g/mol. The monoisotopic (exact) mass is 407 g/mol. The van der Waals surface area contributed by atoms with E-state index in [1.807, 2.05) is 77.9 Å². The number of hydrogen-bond acceptors (Lipinski definition) is 3. The van der Waals surface area contributed by atoms with Gasteiger partial charge < -0.3 is 10.1 Å². The summed E-state index contributed by atoms with van der Waals surface area (Å²) in [6.45, 7) is 16.0. The second-order valence-corrected chi connectivity index (χ2v) is 9.80. The third kappa shape index (κ3) is 7.86. The van der Waals surface area contributed by atoms with Crippen LogP contribution in [0.2, 0.25) is 0 Å². The average molecular weight is 408 g/mol. The van der Waals surface area contributed by atoms with E-state index in [1.54, 1.807) is 12.1 Å². The first kappa shape index (κ1) is 23.4. The zero-order valence-electron chi connectivity index (χ0n) is 19.0. The van der Waals surface area contributed by atoms with Crippen molar-refractivity contribution in [1.82, 2.24) is 0 Å². The van der Waals surface area contributed by atoms with Crippen LogP contribution in [0.25, 0.3) is 5.76 Å². The molecule has 0 saturated carbocycles. The number of carbonyl (C=O) groups excluding carboxylic acids is 2. The standard InChI is InChI=1S/C26H33NO3/c1-18(30-26(5,6)7)20-12-14-22(15-13-20)27-24(29)16-19-8-10-21(11-9-19)23(28)17-25(2,3)4/h8-15H,1,16-17H2,2-7H3,(H,27,29). The van der Waals surface area contributed by atoms with Crippen LogP contribution in [-0.2, 0) is 16.0 Å². The molecule has 2 aromatic carbocycles. The minimum Gasteiger partial charge on any atom is -0.488 e. The molecule has 0 bridgehead atoms. The number of ether oxygens (including phenoxy) is 1. The van der Waals surface area contributed by atoms with Gasteiger partial charge in [0.1, 0.15) is 11.4 Å². The first-order valence-corrected chi connectivity index (χ1v) is 10.2. The van der Waals surface area contributed by atoms with Crippen molar-refractivity contribution in [2.24, 2.45) is 5.41 Å². The highest BCUT2D eigenvalue weighted by atomic mass is 16.5. The second kappa shape index (κ2) is 9.29. The number of ketones is 1. The van der Waals surface area contributed by atoms with Crippen molar-refractivity contribution in [2.45, 2.75) is 60.0 Å². The van der Waals surface area contributed by atoms with Gasteiger partial charge in [0, 0.05) is 23.2 Å². The fraction of sp³-hybridized carbons (Fsp3) is 0.385. The summed E-state index contributed by atoms with van der Waals surface area (Å²) in [6.07, 6.45) is 0.741. The molecule has 4 nitrogen and oxygen atoms in total. The van der Waals surface area contributed by atoms with Crippen molar-refractivity contribution < 1.29 is 14.3 Å². The summed E-state index contributed by atoms with van der Waals surface area (Å²) in [5.41, 5.74) is 2.78. The molecule has 0 heterocycles. The summed E-state index contributed by atoms with van der Waals surface area (Å²) in [7, 11) is 0. The van der Waals surface area contributed by atoms with Crippen LogP contribution in [0.1, 0.15) is 69.4 Å². The second-order valence-electron chi connectivity index (χ2n) is 9.80. The lowest BCUT2D eigenvalue weighted by Crippen LogP contribution is -2.18. The van der Waals surface area contributed by atoms with Crippen LogP contribution in [0.5, 0.6) is 0 Å². The third-order valence-electron chi connectivity index (χ3n) is 4.25. The Morgan fingerprint density at radius 3 is 1.90 bits per heavy atom. The number of benzene rings is 2. The van der Waals surface area contributed by atoms with E-state index in [0.717, 1.165) is 11.1 Å². The molecule has 0 aliphatic heterocycles. The highest BCUT2D eigenvalue weighted by Crippen LogP contribution is 2.23. The summed E-state index contributed by atoms with van der Waals surface area (Å²) in [5, 5.41) is 2.90. The summed E-state index contributed by atoms with van der Waals surface area (Å²) in [6, 6.07) is 14.7. The molecule has 0 aliphatic carbocycles. The van der Waals surface area contributed by atoms with Gasteiger partial charge in [-0.25, -0.2) is 0 Å². The summed E-state index contributed by atoms with van der Waals surface area (Å²) in [5.74, 6) is 0.610. The van der Waals surface area contributed by atoms with Crippen LogP contribution >= 0.6 is 0 Å². The molecule has 0 spiro atoms. The van der Waals surface area contributed by atoms with E-state index >= 15 is 0 Å². The lowest BCUT2D eigenvalue weighted by molar-refractivity contribution is -0.115. The number of amides is 1. The largest absolute Gasteiger partial charge is 0.488 e. The minimum absolute atomic E-state index is 0.0452. The Hall–Kier alpha value is -2.88. The smallest absolute Gasteiger partial charge is 0.228 e. The Balaban J connectivity index is 1.93. The van der Waals surface area contributed by atoms with Gasteiger partial charge in [-0.05, 0) is 56.0 Å². The van der Waals surface area contributed by atoms with Crippen LogP contribution in [0.3, 0.4) is 0 Å². The number of carbonyl (C=O) groups is 2. The number of nitrogens with one attached hydrogen (secondary N) is 1. The Morgan fingerprint density at radius 2 is 1.40 bits per heavy atom. The lowest BCUT2D eigenvalue weighted by Gasteiger charge is -2.23. The third-order valence-corrected chi connectivity index (χ3v) is 4.25. The van der Waals surface area contributed by atoms with Gasteiger partial charge in [0.15, 0.2) is 5.78 Å². The van der Waals surface area contributed by atoms with Gasteiger partial charge in [0.25, 0.3) is 0 Å². The Bertz CT molecular complexity index is 820. The van der Waals surface area contributed by atoms with E-state index in [4.69, 9.17) is 4.74 Å². The number of rotatable bonds is 7. The van der Waals surface area contributed by atoms with Gasteiger partial charge in [0.05, 0.1) is 6.42 Å². The molecule has 0 atom stereocenters. The lowest BCUT2D eigenvalue weighted by atomic mass is 9.87. The van der Waals surface area contributed by atoms with Crippen LogP contribution in [0.4, 0.5) is 5.69 Å². The van der Waals surface area contributed by atoms with Crippen molar-refractivity contribution in [3.05, 3.63) is 71.8 Å². The predicted octanol–water partition coefficient (Wildman–Crippen LogP) is 6.27. The van der Waals surface area contributed by atoms with E-state index in [1.165, 1.54) is 0 Å². The molecule has 2 rings (SSSR count). The summed E-state index contributed by atoms with van der Waals surface area (Å²) in [4.78, 5) is 24.7. The molecule has 0 aliphatic rings. The Morgan fingerprint density at radius 1 is 0.867 bits per heavy atom. The van der Waals surface area contributed by atoms with Crippen LogP contribution in [-0.4, -0.2) is 17.3 Å².